The third-order valence-corrected chi connectivity index (χ3v) is 2.48. The molecule has 0 bridgehead atoms. The smallest absolute Gasteiger partial charge is 0.0967 e. The van der Waals surface area contributed by atoms with Crippen LogP contribution in [0.5, 0.6) is 0 Å². The SMILES string of the molecule is C=CC(O)CNCCOCCOCNCC(O)CC. The van der Waals surface area contributed by atoms with E-state index in [2.05, 4.69) is 17.2 Å². The van der Waals surface area contributed by atoms with Crippen LogP contribution >= 0.6 is 0 Å². The summed E-state index contributed by atoms with van der Waals surface area (Å²) >= 11 is 0. The van der Waals surface area contributed by atoms with Gasteiger partial charge in [0.2, 0.25) is 0 Å². The van der Waals surface area contributed by atoms with Crippen LogP contribution in [0.3, 0.4) is 0 Å². The first-order valence-corrected chi connectivity index (χ1v) is 6.76. The van der Waals surface area contributed by atoms with Crippen molar-refractivity contribution in [3.8, 4) is 0 Å². The molecule has 0 aliphatic rings. The van der Waals surface area contributed by atoms with E-state index in [9.17, 15) is 10.2 Å². The third-order valence-electron chi connectivity index (χ3n) is 2.48. The number of ether oxygens (including phenoxy) is 2. The van der Waals surface area contributed by atoms with Crippen molar-refractivity contribution in [3.63, 3.8) is 0 Å². The summed E-state index contributed by atoms with van der Waals surface area (Å²) in [5.74, 6) is 0. The normalized spacial score (nSPS) is 14.3. The fourth-order valence-electron chi connectivity index (χ4n) is 1.21. The number of nitrogens with one attached hydrogen (secondary N) is 2. The molecule has 114 valence electrons. The zero-order chi connectivity index (χ0) is 14.3. The predicted octanol–water partition coefficient (Wildman–Crippen LogP) is -0.526. The van der Waals surface area contributed by atoms with E-state index < -0.39 is 6.10 Å². The van der Waals surface area contributed by atoms with Crippen molar-refractivity contribution in [1.29, 1.82) is 0 Å². The van der Waals surface area contributed by atoms with Crippen molar-refractivity contribution < 1.29 is 19.7 Å². The summed E-state index contributed by atoms with van der Waals surface area (Å²) in [4.78, 5) is 0. The zero-order valence-corrected chi connectivity index (χ0v) is 11.8. The molecule has 2 atom stereocenters. The monoisotopic (exact) mass is 276 g/mol. The molecule has 0 radical (unpaired) electrons. The number of aliphatic hydroxyl groups is 2. The van der Waals surface area contributed by atoms with E-state index in [1.54, 1.807) is 0 Å². The van der Waals surface area contributed by atoms with E-state index in [1.165, 1.54) is 6.08 Å². The molecule has 6 heteroatoms. The molecule has 0 aromatic heterocycles. The fraction of sp³-hybridized carbons (Fsp3) is 0.846. The Balaban J connectivity index is 3.05. The van der Waals surface area contributed by atoms with Gasteiger partial charge in [-0.3, -0.25) is 5.32 Å². The Hall–Kier alpha value is -0.500. The number of aliphatic hydroxyl groups excluding tert-OH is 2. The van der Waals surface area contributed by atoms with Crippen LogP contribution in [-0.4, -0.2) is 68.6 Å². The molecule has 4 N–H and O–H groups in total. The molecule has 0 amide bonds. The highest BCUT2D eigenvalue weighted by Crippen LogP contribution is 1.86. The summed E-state index contributed by atoms with van der Waals surface area (Å²) in [7, 11) is 0. The topological polar surface area (TPSA) is 83.0 Å². The number of rotatable bonds is 14. The summed E-state index contributed by atoms with van der Waals surface area (Å²) in [6, 6.07) is 0. The molecule has 0 aromatic rings. The summed E-state index contributed by atoms with van der Waals surface area (Å²) in [5.41, 5.74) is 0. The van der Waals surface area contributed by atoms with Gasteiger partial charge in [-0.25, -0.2) is 0 Å². The highest BCUT2D eigenvalue weighted by atomic mass is 16.5. The molecular weight excluding hydrogens is 248 g/mol. The molecule has 19 heavy (non-hydrogen) atoms. The second-order valence-electron chi connectivity index (χ2n) is 4.19. The van der Waals surface area contributed by atoms with Gasteiger partial charge in [0, 0.05) is 19.6 Å². The van der Waals surface area contributed by atoms with Crippen molar-refractivity contribution >= 4 is 0 Å². The lowest BCUT2D eigenvalue weighted by atomic mass is 10.3. The minimum absolute atomic E-state index is 0.308. The maximum atomic E-state index is 9.26. The summed E-state index contributed by atoms with van der Waals surface area (Å²) < 4.78 is 10.6. The lowest BCUT2D eigenvalue weighted by Gasteiger charge is -2.10. The van der Waals surface area contributed by atoms with E-state index in [0.717, 1.165) is 6.42 Å². The number of hydrogen-bond acceptors (Lipinski definition) is 6. The minimum Gasteiger partial charge on any atom is -0.392 e. The van der Waals surface area contributed by atoms with E-state index in [1.807, 2.05) is 6.92 Å². The first kappa shape index (κ1) is 18.5. The molecule has 0 aliphatic carbocycles. The van der Waals surface area contributed by atoms with Crippen molar-refractivity contribution in [3.05, 3.63) is 12.7 Å². The Morgan fingerprint density at radius 1 is 1.11 bits per heavy atom. The maximum Gasteiger partial charge on any atom is 0.0967 e. The highest BCUT2D eigenvalue weighted by molar-refractivity contribution is 4.79. The Morgan fingerprint density at radius 2 is 1.84 bits per heavy atom. The first-order chi connectivity index (χ1) is 9.20. The van der Waals surface area contributed by atoms with Gasteiger partial charge in [-0.05, 0) is 6.42 Å². The third kappa shape index (κ3) is 13.7. The molecule has 6 nitrogen and oxygen atoms in total. The fourth-order valence-corrected chi connectivity index (χ4v) is 1.21. The highest BCUT2D eigenvalue weighted by Gasteiger charge is 1.98. The van der Waals surface area contributed by atoms with Crippen LogP contribution in [0, 0.1) is 0 Å². The van der Waals surface area contributed by atoms with Crippen molar-refractivity contribution in [1.82, 2.24) is 10.6 Å². The van der Waals surface area contributed by atoms with Crippen LogP contribution in [0.25, 0.3) is 0 Å². The van der Waals surface area contributed by atoms with Gasteiger partial charge in [0.15, 0.2) is 0 Å². The van der Waals surface area contributed by atoms with Gasteiger partial charge in [-0.1, -0.05) is 13.0 Å². The zero-order valence-electron chi connectivity index (χ0n) is 11.8. The molecule has 0 saturated carbocycles. The van der Waals surface area contributed by atoms with Crippen LogP contribution in [0.15, 0.2) is 12.7 Å². The Kier molecular flexibility index (Phi) is 13.6. The molecule has 0 aromatic carbocycles. The van der Waals surface area contributed by atoms with Crippen molar-refractivity contribution in [2.45, 2.75) is 25.6 Å². The molecule has 0 saturated heterocycles. The van der Waals surface area contributed by atoms with Gasteiger partial charge in [0.25, 0.3) is 0 Å². The summed E-state index contributed by atoms with van der Waals surface area (Å²) in [6.45, 7) is 9.19. The molecule has 0 rings (SSSR count). The van der Waals surface area contributed by atoms with Gasteiger partial charge >= 0.3 is 0 Å². The largest absolute Gasteiger partial charge is 0.392 e. The Morgan fingerprint density at radius 3 is 2.53 bits per heavy atom. The van der Waals surface area contributed by atoms with Crippen molar-refractivity contribution in [2.24, 2.45) is 0 Å². The van der Waals surface area contributed by atoms with E-state index >= 15 is 0 Å². The molecule has 0 spiro atoms. The molecular formula is C13H28N2O4. The quantitative estimate of drug-likeness (QED) is 0.194. The maximum absolute atomic E-state index is 9.26. The van der Waals surface area contributed by atoms with Crippen molar-refractivity contribution in [2.75, 3.05) is 46.2 Å². The van der Waals surface area contributed by atoms with Crippen LogP contribution in [0.4, 0.5) is 0 Å². The molecule has 0 aliphatic heterocycles. The summed E-state index contributed by atoms with van der Waals surface area (Å²) in [5, 5.41) is 24.5. The lowest BCUT2D eigenvalue weighted by Crippen LogP contribution is -2.29. The van der Waals surface area contributed by atoms with E-state index in [-0.39, 0.29) is 6.10 Å². The molecule has 0 fully saturated rings. The van der Waals surface area contributed by atoms with Gasteiger partial charge in [0.05, 0.1) is 38.8 Å². The Labute approximate surface area is 115 Å². The Bertz CT molecular complexity index is 205. The second kappa shape index (κ2) is 13.9. The molecule has 0 heterocycles. The van der Waals surface area contributed by atoms with Crippen LogP contribution in [-0.2, 0) is 9.47 Å². The second-order valence-corrected chi connectivity index (χ2v) is 4.19. The predicted molar refractivity (Wildman–Crippen MR) is 75.0 cm³/mol. The molecule has 2 unspecified atom stereocenters. The van der Waals surface area contributed by atoms with E-state index in [4.69, 9.17) is 9.47 Å². The van der Waals surface area contributed by atoms with Crippen LogP contribution in [0.1, 0.15) is 13.3 Å². The average molecular weight is 276 g/mol. The van der Waals surface area contributed by atoms with Gasteiger partial charge < -0.3 is 25.0 Å². The minimum atomic E-state index is -0.507. The van der Waals surface area contributed by atoms with Crippen LogP contribution < -0.4 is 10.6 Å². The van der Waals surface area contributed by atoms with Gasteiger partial charge in [-0.15, -0.1) is 6.58 Å². The van der Waals surface area contributed by atoms with Gasteiger partial charge in [-0.2, -0.15) is 0 Å². The summed E-state index contributed by atoms with van der Waals surface area (Å²) in [6.07, 6.45) is 1.41. The lowest BCUT2D eigenvalue weighted by molar-refractivity contribution is 0.0366. The number of hydrogen-bond donors (Lipinski definition) is 4. The average Bonchev–Trinajstić information content (AvgIpc) is 2.43. The standard InChI is InChI=1S/C13H28N2O4/c1-3-12(16)9-14-5-6-18-7-8-19-11-15-10-13(17)4-2/h3,12-17H,1,4-11H2,2H3. The van der Waals surface area contributed by atoms with Gasteiger partial charge in [0.1, 0.15) is 0 Å². The van der Waals surface area contributed by atoms with E-state index in [0.29, 0.717) is 46.2 Å². The van der Waals surface area contributed by atoms with Crippen LogP contribution in [0.2, 0.25) is 0 Å². The first-order valence-electron chi connectivity index (χ1n) is 6.76.